The summed E-state index contributed by atoms with van der Waals surface area (Å²) in [4.78, 5) is 73.8. The average Bonchev–Trinajstić information content (AvgIpc) is 3.79. The molecule has 2 aliphatic rings. The smallest absolute Gasteiger partial charge is 0.408 e. The molecule has 2 unspecified atom stereocenters. The van der Waals surface area contributed by atoms with Crippen molar-refractivity contribution < 1.29 is 33.4 Å². The first-order valence-electron chi connectivity index (χ1n) is 17.0. The number of nitrogens with one attached hydrogen (secondary N) is 3. The Morgan fingerprint density at radius 3 is 2.37 bits per heavy atom. The van der Waals surface area contributed by atoms with Crippen molar-refractivity contribution in [3.63, 3.8) is 0 Å². The molecule has 3 atom stereocenters. The number of rotatable bonds is 12. The topological polar surface area (TPSA) is 150 Å². The van der Waals surface area contributed by atoms with Crippen LogP contribution in [0.2, 0.25) is 0 Å². The molecule has 0 radical (unpaired) electrons. The third-order valence-electron chi connectivity index (χ3n) is 9.42. The van der Waals surface area contributed by atoms with E-state index in [9.17, 15) is 24.0 Å². The van der Waals surface area contributed by atoms with Crippen LogP contribution in [0, 0.1) is 0 Å². The number of aromatic amines is 1. The fourth-order valence-electron chi connectivity index (χ4n) is 6.83. The number of methoxy groups -OCH3 is 1. The van der Waals surface area contributed by atoms with Crippen LogP contribution in [0.5, 0.6) is 0 Å². The van der Waals surface area contributed by atoms with Crippen LogP contribution in [-0.2, 0) is 48.2 Å². The van der Waals surface area contributed by atoms with Gasteiger partial charge in [-0.25, -0.2) is 9.59 Å². The highest BCUT2D eigenvalue weighted by atomic mass is 16.5. The van der Waals surface area contributed by atoms with Gasteiger partial charge in [-0.1, -0.05) is 78.9 Å². The minimum absolute atomic E-state index is 0.0139. The van der Waals surface area contributed by atoms with E-state index in [4.69, 9.17) is 9.47 Å². The number of aromatic nitrogens is 1. The molecule has 0 spiro atoms. The Morgan fingerprint density at radius 2 is 1.65 bits per heavy atom. The number of H-pyrrole nitrogens is 1. The minimum Gasteiger partial charge on any atom is -0.466 e. The van der Waals surface area contributed by atoms with E-state index < -0.39 is 42.0 Å². The number of hydrogen-bond donors (Lipinski definition) is 3. The molecule has 3 heterocycles. The lowest BCUT2D eigenvalue weighted by Crippen LogP contribution is -2.57. The van der Waals surface area contributed by atoms with Crippen molar-refractivity contribution in [2.75, 3.05) is 14.2 Å². The van der Waals surface area contributed by atoms with E-state index in [2.05, 4.69) is 15.6 Å². The van der Waals surface area contributed by atoms with Gasteiger partial charge in [-0.15, -0.1) is 0 Å². The second kappa shape index (κ2) is 15.8. The summed E-state index contributed by atoms with van der Waals surface area (Å²) in [6.45, 7) is 0.330. The summed E-state index contributed by atoms with van der Waals surface area (Å²) >= 11 is 0. The van der Waals surface area contributed by atoms with Crippen molar-refractivity contribution in [3.8, 4) is 0 Å². The van der Waals surface area contributed by atoms with Gasteiger partial charge in [-0.3, -0.25) is 14.4 Å². The van der Waals surface area contributed by atoms with E-state index in [1.807, 2.05) is 79.0 Å². The van der Waals surface area contributed by atoms with Gasteiger partial charge in [0.05, 0.1) is 12.7 Å². The van der Waals surface area contributed by atoms with E-state index in [-0.39, 0.29) is 37.3 Å². The Bertz CT molecular complexity index is 1940. The molecule has 0 saturated carbocycles. The number of carbonyl (C=O) groups excluding carboxylic acids is 5. The number of para-hydroxylation sites is 1. The summed E-state index contributed by atoms with van der Waals surface area (Å²) in [5.74, 6) is -2.00. The summed E-state index contributed by atoms with van der Waals surface area (Å²) in [5, 5.41) is 6.57. The number of carbonyl (C=O) groups is 5. The van der Waals surface area contributed by atoms with Gasteiger partial charge in [0.2, 0.25) is 11.8 Å². The normalized spacial score (nSPS) is 17.5. The number of ether oxygens (including phenoxy) is 2. The van der Waals surface area contributed by atoms with Gasteiger partial charge in [0.25, 0.3) is 5.91 Å². The maximum absolute atomic E-state index is 14.1. The molecule has 0 aliphatic carbocycles. The fourth-order valence-corrected chi connectivity index (χ4v) is 6.83. The number of aryl methyl sites for hydroxylation is 1. The third kappa shape index (κ3) is 7.95. The average molecular weight is 692 g/mol. The second-order valence-electron chi connectivity index (χ2n) is 12.8. The second-order valence-corrected chi connectivity index (χ2v) is 12.8. The summed E-state index contributed by atoms with van der Waals surface area (Å²) in [6, 6.07) is 23.4. The van der Waals surface area contributed by atoms with Crippen LogP contribution < -0.4 is 10.6 Å². The number of amides is 4. The molecule has 3 N–H and O–H groups in total. The number of esters is 1. The summed E-state index contributed by atoms with van der Waals surface area (Å²) < 4.78 is 10.4. The lowest BCUT2D eigenvalue weighted by atomic mass is 9.97. The lowest BCUT2D eigenvalue weighted by molar-refractivity contribution is -0.142. The van der Waals surface area contributed by atoms with Crippen LogP contribution in [0.4, 0.5) is 4.79 Å². The first kappa shape index (κ1) is 34.9. The highest BCUT2D eigenvalue weighted by Crippen LogP contribution is 2.37. The summed E-state index contributed by atoms with van der Waals surface area (Å²) in [6.07, 6.45) is 2.26. The molecule has 1 fully saturated rings. The monoisotopic (exact) mass is 691 g/mol. The van der Waals surface area contributed by atoms with Gasteiger partial charge in [0.15, 0.2) is 0 Å². The maximum Gasteiger partial charge on any atom is 0.408 e. The van der Waals surface area contributed by atoms with E-state index in [0.29, 0.717) is 25.1 Å². The molecular formula is C39H41N5O7. The first-order valence-corrected chi connectivity index (χ1v) is 17.0. The zero-order valence-corrected chi connectivity index (χ0v) is 28.6. The number of allylic oxidation sites excluding steroid dienone is 1. The van der Waals surface area contributed by atoms with Crippen molar-refractivity contribution in [2.24, 2.45) is 0 Å². The number of nitrogens with zero attached hydrogens (tertiary/aromatic N) is 2. The molecule has 0 bridgehead atoms. The molecule has 2 aliphatic heterocycles. The Balaban J connectivity index is 1.20. The van der Waals surface area contributed by atoms with E-state index in [1.165, 1.54) is 12.0 Å². The molecule has 1 aromatic heterocycles. The van der Waals surface area contributed by atoms with E-state index >= 15 is 0 Å². The van der Waals surface area contributed by atoms with Gasteiger partial charge in [-0.2, -0.15) is 0 Å². The molecule has 4 aromatic rings. The van der Waals surface area contributed by atoms with E-state index in [1.54, 1.807) is 24.1 Å². The van der Waals surface area contributed by atoms with Crippen molar-refractivity contribution in [1.29, 1.82) is 0 Å². The molecule has 3 aromatic carbocycles. The quantitative estimate of drug-likeness (QED) is 0.187. The SMILES string of the molecule is COC(=O)C1=C2CCC(C(=O)N[C@@H](CCc3c[nH]c4ccccc34)C(=O)N(C)Cc3ccccc3)N2C(=O)C(NC(=O)OCc2ccccc2)C1. The molecule has 12 heteroatoms. The number of likely N-dealkylation sites (N-methyl/N-ethyl adjacent to an activating group) is 1. The molecular weight excluding hydrogens is 650 g/mol. The van der Waals surface area contributed by atoms with Crippen LogP contribution in [0.3, 0.4) is 0 Å². The first-order chi connectivity index (χ1) is 24.7. The summed E-state index contributed by atoms with van der Waals surface area (Å²) in [5.41, 5.74) is 4.27. The largest absolute Gasteiger partial charge is 0.466 e. The molecule has 12 nitrogen and oxygen atoms in total. The van der Waals surface area contributed by atoms with Crippen LogP contribution >= 0.6 is 0 Å². The minimum atomic E-state index is -1.17. The number of benzene rings is 3. The summed E-state index contributed by atoms with van der Waals surface area (Å²) in [7, 11) is 2.93. The van der Waals surface area contributed by atoms with Crippen LogP contribution in [0.1, 0.15) is 42.4 Å². The number of hydrogen-bond acceptors (Lipinski definition) is 7. The van der Waals surface area contributed by atoms with Gasteiger partial charge in [0, 0.05) is 42.8 Å². The van der Waals surface area contributed by atoms with Gasteiger partial charge in [-0.05, 0) is 48.4 Å². The third-order valence-corrected chi connectivity index (χ3v) is 9.42. The standard InChI is InChI=1S/C39H41N5O7/c1-43(23-25-11-5-3-6-12-25)36(46)31(18-17-27-22-40-30-16-10-9-15-28(27)30)41-35(45)34-20-19-33-29(38(48)50-2)21-32(37(47)44(33)34)42-39(49)51-24-26-13-7-4-8-14-26/h3-16,22,31-32,34,40H,17-21,23-24H2,1-2H3,(H,41,45)(H,42,49)/t31-,32?,34?/m0/s1. The van der Waals surface area contributed by atoms with Crippen LogP contribution in [-0.4, -0.2) is 76.9 Å². The molecule has 264 valence electrons. The Morgan fingerprint density at radius 1 is 0.961 bits per heavy atom. The van der Waals surface area contributed by atoms with Gasteiger partial charge >= 0.3 is 12.1 Å². The highest BCUT2D eigenvalue weighted by molar-refractivity contribution is 6.00. The Hall–Kier alpha value is -5.91. The number of fused-ring (bicyclic) bond motifs is 2. The fraction of sp³-hybridized carbons (Fsp3) is 0.308. The van der Waals surface area contributed by atoms with Crippen molar-refractivity contribution in [3.05, 3.63) is 119 Å². The van der Waals surface area contributed by atoms with Crippen molar-refractivity contribution >= 4 is 40.7 Å². The predicted octanol–water partition coefficient (Wildman–Crippen LogP) is 4.36. The Kier molecular flexibility index (Phi) is 10.8. The molecule has 6 rings (SSSR count). The Labute approximate surface area is 295 Å². The van der Waals surface area contributed by atoms with Crippen molar-refractivity contribution in [2.45, 2.75) is 63.4 Å². The van der Waals surface area contributed by atoms with Crippen LogP contribution in [0.15, 0.2) is 102 Å². The maximum atomic E-state index is 14.1. The zero-order chi connectivity index (χ0) is 35.9. The molecule has 1 saturated heterocycles. The zero-order valence-electron chi connectivity index (χ0n) is 28.6. The number of alkyl carbamates (subject to hydrolysis) is 1. The predicted molar refractivity (Wildman–Crippen MR) is 189 cm³/mol. The van der Waals surface area contributed by atoms with Gasteiger partial charge in [0.1, 0.15) is 24.7 Å². The van der Waals surface area contributed by atoms with Gasteiger partial charge < -0.3 is 34.9 Å². The van der Waals surface area contributed by atoms with E-state index in [0.717, 1.165) is 27.6 Å². The van der Waals surface area contributed by atoms with Crippen molar-refractivity contribution in [1.82, 2.24) is 25.4 Å². The lowest BCUT2D eigenvalue weighted by Gasteiger charge is -2.35. The molecule has 51 heavy (non-hydrogen) atoms. The molecule has 4 amide bonds. The highest BCUT2D eigenvalue weighted by Gasteiger charge is 2.47. The van der Waals surface area contributed by atoms with Crippen LogP contribution in [0.25, 0.3) is 10.9 Å².